The second-order valence-corrected chi connectivity index (χ2v) is 16.0. The van der Waals surface area contributed by atoms with Crippen LogP contribution in [0.5, 0.6) is 17.4 Å². The minimum absolute atomic E-state index is 0. The number of nitrogens with two attached hydrogens (primary N) is 2. The van der Waals surface area contributed by atoms with Crippen LogP contribution in [0.4, 0.5) is 22.0 Å². The summed E-state index contributed by atoms with van der Waals surface area (Å²) in [4.78, 5) is 76.3. The average Bonchev–Trinajstić information content (AvgIpc) is 3.29. The van der Waals surface area contributed by atoms with Crippen molar-refractivity contribution in [1.29, 1.82) is 5.26 Å². The molecule has 0 aliphatic rings. The quantitative estimate of drug-likeness (QED) is 0.0293. The van der Waals surface area contributed by atoms with Gasteiger partial charge in [0.1, 0.15) is 29.9 Å². The molecule has 3 rings (SSSR count). The first-order valence-electron chi connectivity index (χ1n) is 22.5. The van der Waals surface area contributed by atoms with E-state index in [-0.39, 0.29) is 112 Å². The lowest BCUT2D eigenvalue weighted by molar-refractivity contribution is -0.679. The van der Waals surface area contributed by atoms with Crippen molar-refractivity contribution in [2.45, 2.75) is 78.8 Å². The number of nitrogen functional groups attached to an aromatic ring is 1. The summed E-state index contributed by atoms with van der Waals surface area (Å²) in [6.07, 6.45) is 0.664. The molecule has 8 N–H and O–H groups in total. The van der Waals surface area contributed by atoms with Crippen molar-refractivity contribution in [2.24, 2.45) is 17.6 Å². The molecule has 20 heteroatoms. The summed E-state index contributed by atoms with van der Waals surface area (Å²) in [7, 11) is 3.03. The largest absolute Gasteiger partial charge is 0.497 e. The van der Waals surface area contributed by atoms with Gasteiger partial charge in [-0.15, -0.1) is 0 Å². The first-order valence-corrected chi connectivity index (χ1v) is 22.5. The number of nitrogens with zero attached hydrogens (tertiary/aromatic N) is 2. The van der Waals surface area contributed by atoms with Crippen LogP contribution in [-0.2, 0) is 51.1 Å². The number of nitrogens with one attached hydrogen (secondary N) is 4. The second kappa shape index (κ2) is 31.3. The Morgan fingerprint density at radius 3 is 2.07 bits per heavy atom. The molecule has 69 heavy (non-hydrogen) atoms. The van der Waals surface area contributed by atoms with Crippen LogP contribution in [0.3, 0.4) is 0 Å². The van der Waals surface area contributed by atoms with E-state index >= 15 is 0 Å². The number of anilines is 3. The number of rotatable bonds is 32. The third-order valence-electron chi connectivity index (χ3n) is 10.4. The zero-order chi connectivity index (χ0) is 50.0. The molecule has 0 aliphatic heterocycles. The molecule has 1 heterocycles. The summed E-state index contributed by atoms with van der Waals surface area (Å²) in [5.41, 5.74) is 13.4. The molecule has 2 aromatic carbocycles. The lowest BCUT2D eigenvalue weighted by Crippen LogP contribution is -2.45. The van der Waals surface area contributed by atoms with Crippen LogP contribution in [-0.4, -0.2) is 108 Å². The van der Waals surface area contributed by atoms with E-state index in [9.17, 15) is 34.0 Å². The summed E-state index contributed by atoms with van der Waals surface area (Å²) < 4.78 is 34.6. The smallest absolute Gasteiger partial charge is 0.312 e. The lowest BCUT2D eigenvalue weighted by atomic mass is 9.89. The SMILES string of the molecule is CCOc1c(C#N)c(N)cc(NC(=O)Cc2cc(OC)ccc2OC)[n+]1Cc1ccc(NC(=O)[C@H](CCCNC(N)=O)CC(=O)[C@@H](NC(=O)CCOCCOCCOCCC(C)=O)C(C)C)cc1.[CH3-]. The van der Waals surface area contributed by atoms with Gasteiger partial charge < -0.3 is 63.3 Å². The van der Waals surface area contributed by atoms with Crippen LogP contribution < -0.4 is 51.5 Å². The number of aromatic nitrogens is 1. The third-order valence-corrected chi connectivity index (χ3v) is 10.4. The molecular formula is C49H70N8O12. The Balaban J connectivity index is 0.0000163. The van der Waals surface area contributed by atoms with Crippen LogP contribution in [0, 0.1) is 30.6 Å². The first kappa shape index (κ1) is 58.3. The Bertz CT molecular complexity index is 2200. The van der Waals surface area contributed by atoms with Crippen LogP contribution >= 0.6 is 0 Å². The Labute approximate surface area is 405 Å². The number of benzene rings is 2. The molecule has 20 nitrogen and oxygen atoms in total. The minimum Gasteiger partial charge on any atom is -0.497 e. The van der Waals surface area contributed by atoms with Gasteiger partial charge >= 0.3 is 17.8 Å². The van der Waals surface area contributed by atoms with Gasteiger partial charge in [-0.3, -0.25) is 19.2 Å². The van der Waals surface area contributed by atoms with E-state index < -0.39 is 29.8 Å². The van der Waals surface area contributed by atoms with Crippen molar-refractivity contribution in [3.63, 3.8) is 0 Å². The summed E-state index contributed by atoms with van der Waals surface area (Å²) >= 11 is 0. The monoisotopic (exact) mass is 963 g/mol. The Morgan fingerprint density at radius 2 is 1.49 bits per heavy atom. The molecule has 0 radical (unpaired) electrons. The fourth-order valence-electron chi connectivity index (χ4n) is 6.87. The van der Waals surface area contributed by atoms with Crippen LogP contribution in [0.1, 0.15) is 76.5 Å². The molecule has 2 atom stereocenters. The number of ketones is 2. The third kappa shape index (κ3) is 20.5. The molecular weight excluding hydrogens is 893 g/mol. The molecule has 0 bridgehead atoms. The number of carbonyl (C=O) groups excluding carboxylic acids is 6. The van der Waals surface area contributed by atoms with Gasteiger partial charge in [0.2, 0.25) is 11.8 Å². The molecule has 0 fully saturated rings. The van der Waals surface area contributed by atoms with Crippen molar-refractivity contribution in [2.75, 3.05) is 83.4 Å². The lowest BCUT2D eigenvalue weighted by Gasteiger charge is -2.24. The highest BCUT2D eigenvalue weighted by Crippen LogP contribution is 2.27. The molecule has 378 valence electrons. The van der Waals surface area contributed by atoms with E-state index in [0.29, 0.717) is 67.6 Å². The van der Waals surface area contributed by atoms with E-state index in [0.717, 1.165) is 0 Å². The molecule has 0 aliphatic carbocycles. The molecule has 0 saturated heterocycles. The summed E-state index contributed by atoms with van der Waals surface area (Å²) in [6.45, 7) is 9.03. The minimum atomic E-state index is -0.875. The Hall–Kier alpha value is -6.82. The van der Waals surface area contributed by atoms with Gasteiger partial charge in [0.05, 0.1) is 84.7 Å². The first-order chi connectivity index (χ1) is 32.6. The van der Waals surface area contributed by atoms with Gasteiger partial charge in [0, 0.05) is 43.0 Å². The zero-order valence-corrected chi connectivity index (χ0v) is 40.9. The predicted molar refractivity (Wildman–Crippen MR) is 258 cm³/mol. The number of hydrogen-bond donors (Lipinski definition) is 6. The van der Waals surface area contributed by atoms with Crippen molar-refractivity contribution < 1.29 is 61.8 Å². The van der Waals surface area contributed by atoms with E-state index in [1.807, 2.05) is 0 Å². The topological polar surface area (TPSA) is 286 Å². The molecule has 0 spiro atoms. The van der Waals surface area contributed by atoms with Gasteiger partial charge in [0.15, 0.2) is 11.3 Å². The number of ether oxygens (including phenoxy) is 6. The fraction of sp³-hybridized carbons (Fsp3) is 0.490. The van der Waals surface area contributed by atoms with E-state index in [1.165, 1.54) is 27.2 Å². The summed E-state index contributed by atoms with van der Waals surface area (Å²) in [5, 5.41) is 21.1. The van der Waals surface area contributed by atoms with Crippen LogP contribution in [0.15, 0.2) is 48.5 Å². The molecule has 0 unspecified atom stereocenters. The standard InChI is InChI=1S/C48H66N8O12.CH3/c1-7-68-47-38(29-49)39(50)28-42(54-44(60)27-35-25-37(63-5)14-15-41(35)64-6)56(47)30-33-10-12-36(13-11-33)53-46(61)34(9-8-18-52-48(51)62)26-40(58)45(31(2)3)55-43(59)17-20-66-22-24-67-23-21-65-19-16-32(4)57;/h10-15,25,28,31,34,45H,7-9,16-24,26-27,30H2,1-6H3,(H7,50,51,52,53,54,55,59,60,61,62);1H3/q;-1/p+1/t34-,45+;/m1./s1. The van der Waals surface area contributed by atoms with Gasteiger partial charge in [-0.2, -0.15) is 9.83 Å². The highest BCUT2D eigenvalue weighted by molar-refractivity contribution is 5.97. The maximum absolute atomic E-state index is 13.9. The number of methoxy groups -OCH3 is 2. The highest BCUT2D eigenvalue weighted by atomic mass is 16.5. The van der Waals surface area contributed by atoms with E-state index in [4.69, 9.17) is 39.9 Å². The van der Waals surface area contributed by atoms with Crippen molar-refractivity contribution in [1.82, 2.24) is 10.6 Å². The maximum Gasteiger partial charge on any atom is 0.312 e. The number of Topliss-reactive ketones (excluding diaryl/α,β-unsaturated/α-hetero) is 2. The number of carbonyl (C=O) groups is 6. The second-order valence-electron chi connectivity index (χ2n) is 16.0. The average molecular weight is 963 g/mol. The van der Waals surface area contributed by atoms with Crippen molar-refractivity contribution >= 4 is 52.5 Å². The van der Waals surface area contributed by atoms with Gasteiger partial charge in [-0.25, -0.2) is 14.9 Å². The van der Waals surface area contributed by atoms with Crippen molar-refractivity contribution in [3.05, 3.63) is 72.6 Å². The summed E-state index contributed by atoms with van der Waals surface area (Å²) in [6, 6.07) is 14.0. The molecule has 1 aromatic heterocycles. The number of hydrogen-bond acceptors (Lipinski definition) is 14. The van der Waals surface area contributed by atoms with Gasteiger partial charge in [0.25, 0.3) is 5.82 Å². The van der Waals surface area contributed by atoms with Crippen molar-refractivity contribution in [3.8, 4) is 23.4 Å². The van der Waals surface area contributed by atoms with E-state index in [2.05, 4.69) is 27.3 Å². The van der Waals surface area contributed by atoms with E-state index in [1.54, 1.807) is 67.8 Å². The number of nitriles is 1. The number of urea groups is 1. The summed E-state index contributed by atoms with van der Waals surface area (Å²) in [5.74, 6) is -1.18. The van der Waals surface area contributed by atoms with Gasteiger partial charge in [-0.05, 0) is 68.5 Å². The fourth-order valence-corrected chi connectivity index (χ4v) is 6.87. The predicted octanol–water partition coefficient (Wildman–Crippen LogP) is 4.05. The normalized spacial score (nSPS) is 11.6. The Kier molecular flexibility index (Phi) is 26.4. The Morgan fingerprint density at radius 1 is 0.841 bits per heavy atom. The number of pyridine rings is 1. The van der Waals surface area contributed by atoms with Crippen LogP contribution in [0.25, 0.3) is 0 Å². The number of primary amides is 1. The molecule has 3 aromatic rings. The zero-order valence-electron chi connectivity index (χ0n) is 40.9. The number of amides is 5. The molecule has 0 saturated carbocycles. The van der Waals surface area contributed by atoms with Gasteiger partial charge in [-0.1, -0.05) is 26.0 Å². The van der Waals surface area contributed by atoms with Crippen LogP contribution in [0.2, 0.25) is 0 Å². The molecule has 5 amide bonds. The maximum atomic E-state index is 13.9. The highest BCUT2D eigenvalue weighted by Gasteiger charge is 2.30.